The van der Waals surface area contributed by atoms with Crippen LogP contribution in [0.15, 0.2) is 77.0 Å². The van der Waals surface area contributed by atoms with Gasteiger partial charge in [-0.2, -0.15) is 0 Å². The molecule has 28 heavy (non-hydrogen) atoms. The van der Waals surface area contributed by atoms with Gasteiger partial charge in [-0.05, 0) is 48.6 Å². The van der Waals surface area contributed by atoms with Crippen molar-refractivity contribution in [1.82, 2.24) is 0 Å². The Balaban J connectivity index is 1.98. The van der Waals surface area contributed by atoms with Crippen LogP contribution in [0.2, 0.25) is 0 Å². The van der Waals surface area contributed by atoms with Crippen LogP contribution in [0.5, 0.6) is 0 Å². The van der Waals surface area contributed by atoms with E-state index in [1.54, 1.807) is 5.41 Å². The number of hydrogen-bond acceptors (Lipinski definition) is 3. The van der Waals surface area contributed by atoms with Crippen molar-refractivity contribution in [3.63, 3.8) is 0 Å². The third-order valence-corrected chi connectivity index (χ3v) is 4.85. The fraction of sp³-hybridized carbons (Fsp3) is 0.167. The van der Waals surface area contributed by atoms with E-state index in [-0.39, 0.29) is 5.97 Å². The number of nitrogens with zero attached hydrogens (tertiary/aromatic N) is 1. The minimum absolute atomic E-state index is 0.358. The predicted molar refractivity (Wildman–Crippen MR) is 116 cm³/mol. The van der Waals surface area contributed by atoms with E-state index >= 15 is 0 Å². The Kier molecular flexibility index (Phi) is 5.87. The van der Waals surface area contributed by atoms with Gasteiger partial charge in [0.2, 0.25) is 0 Å². The summed E-state index contributed by atoms with van der Waals surface area (Å²) in [6.45, 7) is 12.7. The number of thioether (sulfide) groups is 1. The molecule has 0 atom stereocenters. The molecule has 0 fully saturated rings. The van der Waals surface area contributed by atoms with E-state index in [0.29, 0.717) is 5.69 Å². The van der Waals surface area contributed by atoms with Crippen LogP contribution in [-0.2, 0) is 9.53 Å². The summed E-state index contributed by atoms with van der Waals surface area (Å²) >= 11 is 1.48. The minimum atomic E-state index is -0.509. The van der Waals surface area contributed by atoms with Gasteiger partial charge < -0.3 is 4.74 Å². The lowest BCUT2D eigenvalue weighted by atomic mass is 9.98. The number of carbonyl (C=O) groups excluding carboxylic acids is 1. The lowest BCUT2D eigenvalue weighted by molar-refractivity contribution is -0.148. The molecule has 0 bridgehead atoms. The van der Waals surface area contributed by atoms with E-state index < -0.39 is 5.60 Å². The van der Waals surface area contributed by atoms with Gasteiger partial charge in [0.25, 0.3) is 0 Å². The second-order valence-electron chi connectivity index (χ2n) is 7.27. The van der Waals surface area contributed by atoms with Gasteiger partial charge in [0.1, 0.15) is 5.60 Å². The lowest BCUT2D eigenvalue weighted by Crippen LogP contribution is -2.22. The number of esters is 1. The third kappa shape index (κ3) is 4.82. The molecule has 0 N–H and O–H groups in total. The van der Waals surface area contributed by atoms with Crippen LogP contribution in [0, 0.1) is 6.57 Å². The van der Waals surface area contributed by atoms with Crippen molar-refractivity contribution >= 4 is 34.2 Å². The Labute approximate surface area is 169 Å². The smallest absolute Gasteiger partial charge is 0.331 e. The highest BCUT2D eigenvalue weighted by Crippen LogP contribution is 2.38. The molecule has 0 saturated carbocycles. The van der Waals surface area contributed by atoms with Gasteiger partial charge in [-0.25, -0.2) is 9.64 Å². The van der Waals surface area contributed by atoms with Gasteiger partial charge in [0, 0.05) is 16.5 Å². The highest BCUT2D eigenvalue weighted by atomic mass is 32.2. The molecule has 0 amide bonds. The summed E-state index contributed by atoms with van der Waals surface area (Å²) in [4.78, 5) is 16.4. The van der Waals surface area contributed by atoms with E-state index in [4.69, 9.17) is 11.3 Å². The normalized spacial score (nSPS) is 11.5. The molecular weight excluding hydrogens is 366 g/mol. The quantitative estimate of drug-likeness (QED) is 0.209. The SMILES string of the molecule is [C-]#[N+]c1ccc(-c2c(S/C=C/C(=O)OC(C)(C)C)ccc3ccccc23)cc1. The fourth-order valence-corrected chi connectivity index (χ4v) is 3.67. The lowest BCUT2D eigenvalue weighted by Gasteiger charge is -2.17. The van der Waals surface area contributed by atoms with Crippen LogP contribution in [0.1, 0.15) is 20.8 Å². The van der Waals surface area contributed by atoms with Gasteiger partial charge in [0.05, 0.1) is 6.57 Å². The molecule has 3 nitrogen and oxygen atoms in total. The van der Waals surface area contributed by atoms with E-state index in [0.717, 1.165) is 26.8 Å². The Morgan fingerprint density at radius 2 is 1.75 bits per heavy atom. The summed E-state index contributed by atoms with van der Waals surface area (Å²) < 4.78 is 5.32. The summed E-state index contributed by atoms with van der Waals surface area (Å²) in [5, 5.41) is 4.04. The number of benzene rings is 3. The first-order valence-electron chi connectivity index (χ1n) is 8.93. The van der Waals surface area contributed by atoms with Crippen molar-refractivity contribution in [2.45, 2.75) is 31.3 Å². The van der Waals surface area contributed by atoms with Crippen molar-refractivity contribution in [2.24, 2.45) is 0 Å². The molecule has 0 aliphatic carbocycles. The standard InChI is InChI=1S/C24H21NO2S/c1-24(2,3)27-22(26)15-16-28-21-14-11-17-7-5-6-8-20(17)23(21)18-9-12-19(25-4)13-10-18/h5-16H,1-3H3/b16-15+. The van der Waals surface area contributed by atoms with Crippen molar-refractivity contribution < 1.29 is 9.53 Å². The van der Waals surface area contributed by atoms with Crippen molar-refractivity contribution in [1.29, 1.82) is 0 Å². The van der Waals surface area contributed by atoms with Crippen LogP contribution in [0.4, 0.5) is 5.69 Å². The number of carbonyl (C=O) groups is 1. The first kappa shape index (κ1) is 19.7. The molecule has 0 radical (unpaired) electrons. The van der Waals surface area contributed by atoms with Gasteiger partial charge in [-0.3, -0.25) is 0 Å². The van der Waals surface area contributed by atoms with E-state index in [1.807, 2.05) is 57.2 Å². The second-order valence-corrected chi connectivity index (χ2v) is 8.22. The highest BCUT2D eigenvalue weighted by molar-refractivity contribution is 8.02. The summed E-state index contributed by atoms with van der Waals surface area (Å²) in [7, 11) is 0. The zero-order valence-electron chi connectivity index (χ0n) is 16.1. The zero-order chi connectivity index (χ0) is 20.1. The van der Waals surface area contributed by atoms with Crippen LogP contribution in [0.25, 0.3) is 26.7 Å². The van der Waals surface area contributed by atoms with Gasteiger partial charge in [0.15, 0.2) is 5.69 Å². The van der Waals surface area contributed by atoms with Gasteiger partial charge >= 0.3 is 5.97 Å². The summed E-state index contributed by atoms with van der Waals surface area (Å²) in [5.74, 6) is -0.358. The third-order valence-electron chi connectivity index (χ3n) is 3.98. The van der Waals surface area contributed by atoms with Crippen molar-refractivity contribution in [2.75, 3.05) is 0 Å². The van der Waals surface area contributed by atoms with Gasteiger partial charge in [-0.15, -0.1) is 0 Å². The molecule has 3 rings (SSSR count). The number of fused-ring (bicyclic) bond motifs is 1. The maximum Gasteiger partial charge on any atom is 0.331 e. The molecule has 0 heterocycles. The van der Waals surface area contributed by atoms with E-state index in [9.17, 15) is 4.79 Å². The van der Waals surface area contributed by atoms with Crippen LogP contribution < -0.4 is 0 Å². The molecule has 0 unspecified atom stereocenters. The van der Waals surface area contributed by atoms with E-state index in [1.165, 1.54) is 17.8 Å². The maximum atomic E-state index is 11.9. The topological polar surface area (TPSA) is 30.7 Å². The Hall–Kier alpha value is -3.03. The van der Waals surface area contributed by atoms with Crippen LogP contribution in [-0.4, -0.2) is 11.6 Å². The molecule has 0 aliphatic heterocycles. The average Bonchev–Trinajstić information content (AvgIpc) is 2.66. The number of ether oxygens (including phenoxy) is 1. The molecule has 0 saturated heterocycles. The largest absolute Gasteiger partial charge is 0.457 e. The monoisotopic (exact) mass is 387 g/mol. The van der Waals surface area contributed by atoms with Crippen molar-refractivity contribution in [3.8, 4) is 11.1 Å². The Morgan fingerprint density at radius 1 is 1.04 bits per heavy atom. The summed E-state index contributed by atoms with van der Waals surface area (Å²) in [6.07, 6.45) is 1.46. The van der Waals surface area contributed by atoms with Crippen LogP contribution in [0.3, 0.4) is 0 Å². The van der Waals surface area contributed by atoms with E-state index in [2.05, 4.69) is 29.1 Å². The minimum Gasteiger partial charge on any atom is -0.457 e. The second kappa shape index (κ2) is 8.33. The van der Waals surface area contributed by atoms with Crippen LogP contribution >= 0.6 is 11.8 Å². The van der Waals surface area contributed by atoms with Gasteiger partial charge in [-0.1, -0.05) is 66.4 Å². The first-order chi connectivity index (χ1) is 13.4. The predicted octanol–water partition coefficient (Wildman–Crippen LogP) is 7.01. The molecular formula is C24H21NO2S. The maximum absolute atomic E-state index is 11.9. The highest BCUT2D eigenvalue weighted by Gasteiger charge is 2.14. The summed E-state index contributed by atoms with van der Waals surface area (Å²) in [6, 6.07) is 19.9. The molecule has 0 spiro atoms. The molecule has 3 aromatic rings. The number of rotatable bonds is 4. The first-order valence-corrected chi connectivity index (χ1v) is 9.81. The average molecular weight is 388 g/mol. The molecule has 0 aliphatic rings. The molecule has 0 aromatic heterocycles. The Bertz CT molecular complexity index is 1070. The molecule has 4 heteroatoms. The fourth-order valence-electron chi connectivity index (χ4n) is 2.85. The molecule has 3 aromatic carbocycles. The molecule has 140 valence electrons. The Morgan fingerprint density at radius 3 is 2.43 bits per heavy atom. The van der Waals surface area contributed by atoms with Crippen molar-refractivity contribution in [3.05, 3.63) is 83.6 Å². The zero-order valence-corrected chi connectivity index (χ0v) is 16.9. The summed E-state index contributed by atoms with van der Waals surface area (Å²) in [5.41, 5.74) is 2.24. The number of hydrogen-bond donors (Lipinski definition) is 0.